The van der Waals surface area contributed by atoms with Crippen LogP contribution in [-0.2, 0) is 4.74 Å². The van der Waals surface area contributed by atoms with Gasteiger partial charge < -0.3 is 31.7 Å². The maximum atomic E-state index is 10.1. The summed E-state index contributed by atoms with van der Waals surface area (Å²) in [5, 5.41) is 23.0. The van der Waals surface area contributed by atoms with Crippen LogP contribution in [0.25, 0.3) is 0 Å². The summed E-state index contributed by atoms with van der Waals surface area (Å²) >= 11 is 0. The van der Waals surface area contributed by atoms with Crippen molar-refractivity contribution in [3.63, 3.8) is 0 Å². The first-order valence-electron chi connectivity index (χ1n) is 11.8. The highest BCUT2D eigenvalue weighted by molar-refractivity contribution is 5.24. The molecule has 2 bridgehead atoms. The third-order valence-corrected chi connectivity index (χ3v) is 8.47. The molecule has 5 aliphatic rings. The molecule has 2 saturated heterocycles. The Balaban J connectivity index is 1.56. The number of ether oxygens (including phenoxy) is 1. The SMILES string of the molecule is CC1(C)O[C@@]2([C@H]3C[C@@H](CO)C[C@H](CC4=CNC(N)C=C4)C3)CC[C@@H]1[C@](N)(CCO)C2. The van der Waals surface area contributed by atoms with Gasteiger partial charge in [0.15, 0.2) is 0 Å². The predicted molar refractivity (Wildman–Crippen MR) is 118 cm³/mol. The van der Waals surface area contributed by atoms with E-state index in [0.29, 0.717) is 24.2 Å². The van der Waals surface area contributed by atoms with E-state index in [9.17, 15) is 10.2 Å². The number of hydrogen-bond acceptors (Lipinski definition) is 6. The fourth-order valence-electron chi connectivity index (χ4n) is 7.37. The molecule has 1 unspecified atom stereocenters. The molecule has 2 aliphatic carbocycles. The van der Waals surface area contributed by atoms with Crippen LogP contribution < -0.4 is 16.8 Å². The monoisotopic (exact) mass is 419 g/mol. The summed E-state index contributed by atoms with van der Waals surface area (Å²) < 4.78 is 6.89. The topological polar surface area (TPSA) is 114 Å². The molecule has 6 heteroatoms. The number of aliphatic hydroxyl groups is 2. The van der Waals surface area contributed by atoms with Gasteiger partial charge in [0.2, 0.25) is 0 Å². The first-order valence-corrected chi connectivity index (χ1v) is 11.8. The van der Waals surface area contributed by atoms with Crippen LogP contribution in [0.15, 0.2) is 23.9 Å². The van der Waals surface area contributed by atoms with E-state index >= 15 is 0 Å². The van der Waals surface area contributed by atoms with Gasteiger partial charge in [-0.2, -0.15) is 0 Å². The molecule has 0 amide bonds. The first kappa shape index (κ1) is 22.3. The Bertz CT molecular complexity index is 693. The van der Waals surface area contributed by atoms with Crippen LogP contribution in [0.1, 0.15) is 65.2 Å². The summed E-state index contributed by atoms with van der Waals surface area (Å²) in [6.45, 7) is 4.72. The molecular formula is C24H41N3O3. The van der Waals surface area contributed by atoms with Crippen molar-refractivity contribution < 1.29 is 14.9 Å². The van der Waals surface area contributed by atoms with Gasteiger partial charge in [-0.1, -0.05) is 6.08 Å². The first-order chi connectivity index (χ1) is 14.2. The van der Waals surface area contributed by atoms with Crippen LogP contribution >= 0.6 is 0 Å². The molecule has 0 spiro atoms. The van der Waals surface area contributed by atoms with E-state index in [-0.39, 0.29) is 42.0 Å². The highest BCUT2D eigenvalue weighted by Crippen LogP contribution is 2.60. The average molecular weight is 420 g/mol. The van der Waals surface area contributed by atoms with Crippen LogP contribution in [0.5, 0.6) is 0 Å². The molecule has 0 radical (unpaired) electrons. The average Bonchev–Trinajstić information content (AvgIpc) is 2.68. The molecule has 3 heterocycles. The van der Waals surface area contributed by atoms with Gasteiger partial charge in [-0.05, 0) is 94.6 Å². The third kappa shape index (κ3) is 4.09. The van der Waals surface area contributed by atoms with Crippen LogP contribution in [-0.4, -0.2) is 46.3 Å². The minimum absolute atomic E-state index is 0.103. The zero-order valence-corrected chi connectivity index (χ0v) is 18.6. The number of fused-ring (bicyclic) bond motifs is 3. The molecule has 0 aromatic rings. The Morgan fingerprint density at radius 3 is 2.60 bits per heavy atom. The summed E-state index contributed by atoms with van der Waals surface area (Å²) in [4.78, 5) is 0. The standard InChI is InChI=1S/C24H41N3O3/c1-22(2)20-5-6-24(30-22,15-23(20,26)7-8-28)19-11-17(10-18(12-19)14-29)9-16-3-4-21(25)27-13-16/h3-4,13,17-21,27-29H,5-12,14-15,25-26H2,1-2H3/t17-,18-,19+,20-,21?,23-,24-/m0/s1. The van der Waals surface area contributed by atoms with Gasteiger partial charge in [-0.3, -0.25) is 0 Å². The zero-order chi connectivity index (χ0) is 21.6. The molecule has 5 rings (SSSR count). The van der Waals surface area contributed by atoms with Gasteiger partial charge in [0, 0.05) is 30.9 Å². The molecule has 170 valence electrons. The Labute approximate surface area is 181 Å². The van der Waals surface area contributed by atoms with Crippen molar-refractivity contribution in [3.05, 3.63) is 23.9 Å². The van der Waals surface area contributed by atoms with E-state index in [1.165, 1.54) is 5.57 Å². The second kappa shape index (κ2) is 8.21. The van der Waals surface area contributed by atoms with Crippen molar-refractivity contribution in [3.8, 4) is 0 Å². The maximum Gasteiger partial charge on any atom is 0.0934 e. The predicted octanol–water partition coefficient (Wildman–Crippen LogP) is 2.16. The van der Waals surface area contributed by atoms with E-state index in [1.807, 2.05) is 12.3 Å². The maximum absolute atomic E-state index is 10.1. The van der Waals surface area contributed by atoms with Crippen molar-refractivity contribution in [1.29, 1.82) is 0 Å². The summed E-state index contributed by atoms with van der Waals surface area (Å²) in [5.74, 6) is 1.49. The lowest BCUT2D eigenvalue weighted by Gasteiger charge is -2.65. The quantitative estimate of drug-likeness (QED) is 0.451. The highest BCUT2D eigenvalue weighted by atomic mass is 16.5. The summed E-state index contributed by atoms with van der Waals surface area (Å²) in [6.07, 6.45) is 13.8. The fraction of sp³-hybridized carbons (Fsp3) is 0.833. The van der Waals surface area contributed by atoms with Crippen LogP contribution in [0.2, 0.25) is 0 Å². The Hall–Kier alpha value is -0.920. The third-order valence-electron chi connectivity index (χ3n) is 8.47. The molecule has 6 nitrogen and oxygen atoms in total. The summed E-state index contributed by atoms with van der Waals surface area (Å²) in [6, 6.07) is 0. The minimum Gasteiger partial charge on any atom is -0.396 e. The number of allylic oxidation sites excluding steroid dienone is 2. The second-order valence-electron chi connectivity index (χ2n) is 11.0. The number of rotatable bonds is 6. The number of dihydropyridines is 1. The summed E-state index contributed by atoms with van der Waals surface area (Å²) in [5.41, 5.74) is 13.2. The van der Waals surface area contributed by atoms with Gasteiger partial charge in [0.05, 0.1) is 17.4 Å². The van der Waals surface area contributed by atoms with Crippen LogP contribution in [0, 0.1) is 23.7 Å². The van der Waals surface area contributed by atoms with Crippen molar-refractivity contribution in [2.24, 2.45) is 35.1 Å². The van der Waals surface area contributed by atoms with Crippen LogP contribution in [0.3, 0.4) is 0 Å². The van der Waals surface area contributed by atoms with Gasteiger partial charge in [0.1, 0.15) is 0 Å². The number of nitrogens with two attached hydrogens (primary N) is 2. The molecule has 4 fully saturated rings. The smallest absolute Gasteiger partial charge is 0.0934 e. The van der Waals surface area contributed by atoms with Crippen molar-refractivity contribution in [1.82, 2.24) is 5.32 Å². The van der Waals surface area contributed by atoms with E-state index in [2.05, 4.69) is 25.2 Å². The number of hydrogen-bond donors (Lipinski definition) is 5. The molecule has 7 atom stereocenters. The van der Waals surface area contributed by atoms with E-state index in [0.717, 1.165) is 44.9 Å². The van der Waals surface area contributed by atoms with Gasteiger partial charge in [-0.25, -0.2) is 0 Å². The largest absolute Gasteiger partial charge is 0.396 e. The zero-order valence-electron chi connectivity index (χ0n) is 18.6. The van der Waals surface area contributed by atoms with Gasteiger partial charge >= 0.3 is 0 Å². The molecule has 0 aromatic heterocycles. The van der Waals surface area contributed by atoms with Gasteiger partial charge in [-0.15, -0.1) is 0 Å². The molecule has 30 heavy (non-hydrogen) atoms. The fourth-order valence-corrected chi connectivity index (χ4v) is 7.37. The molecule has 2 saturated carbocycles. The molecule has 3 aliphatic heterocycles. The Morgan fingerprint density at radius 2 is 1.97 bits per heavy atom. The van der Waals surface area contributed by atoms with Crippen LogP contribution in [0.4, 0.5) is 0 Å². The van der Waals surface area contributed by atoms with E-state index < -0.39 is 0 Å². The molecule has 7 N–H and O–H groups in total. The lowest BCUT2D eigenvalue weighted by molar-refractivity contribution is -0.289. The highest BCUT2D eigenvalue weighted by Gasteiger charge is 2.63. The molecular weight excluding hydrogens is 378 g/mol. The molecule has 0 aromatic carbocycles. The minimum atomic E-state index is -0.370. The second-order valence-corrected chi connectivity index (χ2v) is 11.0. The van der Waals surface area contributed by atoms with E-state index in [4.69, 9.17) is 16.2 Å². The lowest BCUT2D eigenvalue weighted by atomic mass is 9.52. The number of aliphatic hydroxyl groups excluding tert-OH is 2. The summed E-state index contributed by atoms with van der Waals surface area (Å²) in [7, 11) is 0. The lowest BCUT2D eigenvalue weighted by Crippen LogP contribution is -2.72. The normalized spacial score (nSPS) is 45.1. The number of nitrogens with one attached hydrogen (secondary N) is 1. The van der Waals surface area contributed by atoms with Gasteiger partial charge in [0.25, 0.3) is 0 Å². The Kier molecular flexibility index (Phi) is 6.10. The van der Waals surface area contributed by atoms with Crippen molar-refractivity contribution >= 4 is 0 Å². The Morgan fingerprint density at radius 1 is 1.20 bits per heavy atom. The van der Waals surface area contributed by atoms with Crippen molar-refractivity contribution in [2.75, 3.05) is 13.2 Å². The van der Waals surface area contributed by atoms with Crippen molar-refractivity contribution in [2.45, 2.75) is 88.1 Å². The van der Waals surface area contributed by atoms with E-state index in [1.54, 1.807) is 0 Å².